The second-order valence-corrected chi connectivity index (χ2v) is 6.07. The summed E-state index contributed by atoms with van der Waals surface area (Å²) < 4.78 is 10.3. The summed E-state index contributed by atoms with van der Waals surface area (Å²) in [7, 11) is 1.41. The number of nitrogens with zero attached hydrogens (tertiary/aromatic N) is 2. The summed E-state index contributed by atoms with van der Waals surface area (Å²) in [4.78, 5) is 39.5. The molecule has 0 saturated heterocycles. The SMILES string of the molecule is COc1nc(C=CC(=O)OC(C)(C)C)ccc1N(C=O)CC(C)=O. The van der Waals surface area contributed by atoms with Gasteiger partial charge in [0.2, 0.25) is 12.3 Å². The smallest absolute Gasteiger partial charge is 0.331 e. The topological polar surface area (TPSA) is 85.8 Å². The number of esters is 1. The molecule has 1 aromatic heterocycles. The van der Waals surface area contributed by atoms with Gasteiger partial charge in [0, 0.05) is 6.08 Å². The van der Waals surface area contributed by atoms with Crippen LogP contribution in [0, 0.1) is 0 Å². The number of carbonyl (C=O) groups is 3. The molecule has 0 unspecified atom stereocenters. The first-order valence-electron chi connectivity index (χ1n) is 7.33. The Morgan fingerprint density at radius 1 is 1.29 bits per heavy atom. The molecule has 1 aromatic rings. The van der Waals surface area contributed by atoms with Gasteiger partial charge in [-0.3, -0.25) is 9.59 Å². The number of amides is 1. The molecule has 0 atom stereocenters. The second-order valence-electron chi connectivity index (χ2n) is 6.07. The predicted octanol–water partition coefficient (Wildman–Crippen LogP) is 2.00. The molecule has 7 nitrogen and oxygen atoms in total. The van der Waals surface area contributed by atoms with Crippen molar-refractivity contribution in [2.75, 3.05) is 18.6 Å². The fourth-order valence-corrected chi connectivity index (χ4v) is 1.82. The van der Waals surface area contributed by atoms with Gasteiger partial charge in [-0.2, -0.15) is 0 Å². The van der Waals surface area contributed by atoms with E-state index in [9.17, 15) is 14.4 Å². The molecule has 130 valence electrons. The number of Topliss-reactive ketones (excluding diaryl/α,β-unsaturated/α-hetero) is 1. The van der Waals surface area contributed by atoms with Gasteiger partial charge in [-0.15, -0.1) is 0 Å². The molecule has 0 saturated carbocycles. The molecule has 0 fully saturated rings. The van der Waals surface area contributed by atoms with E-state index in [0.29, 0.717) is 17.8 Å². The Bertz CT molecular complexity index is 647. The van der Waals surface area contributed by atoms with Crippen LogP contribution in [0.15, 0.2) is 18.2 Å². The quantitative estimate of drug-likeness (QED) is 0.431. The van der Waals surface area contributed by atoms with Gasteiger partial charge in [0.15, 0.2) is 0 Å². The third-order valence-electron chi connectivity index (χ3n) is 2.68. The maximum absolute atomic E-state index is 11.7. The van der Waals surface area contributed by atoms with Crippen LogP contribution in [0.1, 0.15) is 33.4 Å². The number of anilines is 1. The van der Waals surface area contributed by atoms with Crippen LogP contribution in [-0.4, -0.2) is 42.4 Å². The van der Waals surface area contributed by atoms with Crippen molar-refractivity contribution < 1.29 is 23.9 Å². The van der Waals surface area contributed by atoms with Crippen molar-refractivity contribution in [2.45, 2.75) is 33.3 Å². The third-order valence-corrected chi connectivity index (χ3v) is 2.68. The van der Waals surface area contributed by atoms with Crippen LogP contribution in [-0.2, 0) is 19.1 Å². The maximum atomic E-state index is 11.7. The summed E-state index contributed by atoms with van der Waals surface area (Å²) in [5.41, 5.74) is 0.250. The van der Waals surface area contributed by atoms with Crippen molar-refractivity contribution in [3.05, 3.63) is 23.9 Å². The van der Waals surface area contributed by atoms with E-state index in [0.717, 1.165) is 0 Å². The molecule has 0 radical (unpaired) electrons. The Morgan fingerprint density at radius 3 is 2.46 bits per heavy atom. The Kier molecular flexibility index (Phi) is 6.64. The van der Waals surface area contributed by atoms with E-state index in [1.165, 1.54) is 31.1 Å². The van der Waals surface area contributed by atoms with Crippen molar-refractivity contribution in [1.29, 1.82) is 0 Å². The molecule has 1 amide bonds. The van der Waals surface area contributed by atoms with Crippen LogP contribution in [0.4, 0.5) is 5.69 Å². The zero-order valence-electron chi connectivity index (χ0n) is 14.5. The van der Waals surface area contributed by atoms with Gasteiger partial charge in [-0.25, -0.2) is 9.78 Å². The van der Waals surface area contributed by atoms with Gasteiger partial charge < -0.3 is 14.4 Å². The Morgan fingerprint density at radius 2 is 1.96 bits per heavy atom. The van der Waals surface area contributed by atoms with E-state index in [-0.39, 0.29) is 18.2 Å². The fraction of sp³-hybridized carbons (Fsp3) is 0.412. The van der Waals surface area contributed by atoms with Crippen molar-refractivity contribution in [1.82, 2.24) is 4.98 Å². The minimum absolute atomic E-state index is 0.0748. The normalized spacial score (nSPS) is 11.2. The van der Waals surface area contributed by atoms with Gasteiger partial charge in [0.05, 0.1) is 19.3 Å². The summed E-state index contributed by atoms with van der Waals surface area (Å²) in [5, 5.41) is 0. The number of rotatable bonds is 7. The summed E-state index contributed by atoms with van der Waals surface area (Å²) in [6.07, 6.45) is 3.29. The number of ketones is 1. The average Bonchev–Trinajstić information content (AvgIpc) is 2.48. The lowest BCUT2D eigenvalue weighted by molar-refractivity contribution is -0.148. The van der Waals surface area contributed by atoms with E-state index in [1.54, 1.807) is 32.9 Å². The first kappa shape index (κ1) is 19.3. The number of methoxy groups -OCH3 is 1. The molecule has 0 aliphatic carbocycles. The monoisotopic (exact) mass is 334 g/mol. The van der Waals surface area contributed by atoms with Crippen molar-refractivity contribution in [3.8, 4) is 5.88 Å². The van der Waals surface area contributed by atoms with Gasteiger partial charge in [-0.1, -0.05) is 0 Å². The summed E-state index contributed by atoms with van der Waals surface area (Å²) in [5.74, 6) is -0.480. The lowest BCUT2D eigenvalue weighted by Crippen LogP contribution is -2.27. The van der Waals surface area contributed by atoms with Gasteiger partial charge in [0.25, 0.3) is 0 Å². The molecule has 0 bridgehead atoms. The minimum atomic E-state index is -0.576. The molecule has 0 spiro atoms. The van der Waals surface area contributed by atoms with E-state index in [2.05, 4.69) is 4.98 Å². The Hall–Kier alpha value is -2.70. The molecule has 1 rings (SSSR count). The molecular weight excluding hydrogens is 312 g/mol. The highest BCUT2D eigenvalue weighted by Crippen LogP contribution is 2.25. The number of pyridine rings is 1. The summed E-state index contributed by atoms with van der Waals surface area (Å²) >= 11 is 0. The Balaban J connectivity index is 2.99. The first-order chi connectivity index (χ1) is 11.2. The van der Waals surface area contributed by atoms with Crippen molar-refractivity contribution >= 4 is 29.9 Å². The zero-order valence-corrected chi connectivity index (χ0v) is 14.5. The van der Waals surface area contributed by atoms with Gasteiger partial charge in [-0.05, 0) is 45.9 Å². The van der Waals surface area contributed by atoms with Crippen LogP contribution >= 0.6 is 0 Å². The third kappa shape index (κ3) is 6.20. The van der Waals surface area contributed by atoms with Crippen LogP contribution < -0.4 is 9.64 Å². The maximum Gasteiger partial charge on any atom is 0.331 e. The van der Waals surface area contributed by atoms with E-state index < -0.39 is 11.6 Å². The zero-order chi connectivity index (χ0) is 18.3. The lowest BCUT2D eigenvalue weighted by Gasteiger charge is -2.18. The van der Waals surface area contributed by atoms with Gasteiger partial charge >= 0.3 is 5.97 Å². The van der Waals surface area contributed by atoms with Crippen molar-refractivity contribution in [3.63, 3.8) is 0 Å². The molecule has 1 heterocycles. The van der Waals surface area contributed by atoms with E-state index >= 15 is 0 Å². The molecule has 0 aliphatic rings. The first-order valence-corrected chi connectivity index (χ1v) is 7.33. The number of aromatic nitrogens is 1. The molecule has 0 aliphatic heterocycles. The number of carbonyl (C=O) groups excluding carboxylic acids is 3. The highest BCUT2D eigenvalue weighted by Gasteiger charge is 2.16. The number of ether oxygens (including phenoxy) is 2. The highest BCUT2D eigenvalue weighted by atomic mass is 16.6. The number of hydrogen-bond acceptors (Lipinski definition) is 6. The molecule has 0 aromatic carbocycles. The Labute approximate surface area is 141 Å². The minimum Gasteiger partial charge on any atom is -0.479 e. The highest BCUT2D eigenvalue weighted by molar-refractivity contribution is 5.90. The van der Waals surface area contributed by atoms with Gasteiger partial charge in [0.1, 0.15) is 17.1 Å². The van der Waals surface area contributed by atoms with Crippen LogP contribution in [0.5, 0.6) is 5.88 Å². The lowest BCUT2D eigenvalue weighted by atomic mass is 10.2. The number of hydrogen-bond donors (Lipinski definition) is 0. The fourth-order valence-electron chi connectivity index (χ4n) is 1.82. The van der Waals surface area contributed by atoms with E-state index in [4.69, 9.17) is 9.47 Å². The van der Waals surface area contributed by atoms with Crippen LogP contribution in [0.3, 0.4) is 0 Å². The average molecular weight is 334 g/mol. The molecule has 7 heteroatoms. The molecule has 0 N–H and O–H groups in total. The summed E-state index contributed by atoms with van der Waals surface area (Å²) in [6.45, 7) is 6.64. The van der Waals surface area contributed by atoms with Crippen molar-refractivity contribution in [2.24, 2.45) is 0 Å². The predicted molar refractivity (Wildman–Crippen MR) is 89.8 cm³/mol. The van der Waals surface area contributed by atoms with E-state index in [1.807, 2.05) is 0 Å². The summed E-state index contributed by atoms with van der Waals surface area (Å²) in [6, 6.07) is 3.20. The standard InChI is InChI=1S/C17H22N2O5/c1-12(21)10-19(11-20)14-8-6-13(18-16(14)23-5)7-9-15(22)24-17(2,3)4/h6-9,11H,10H2,1-5H3. The van der Waals surface area contributed by atoms with Crippen LogP contribution in [0.25, 0.3) is 6.08 Å². The molecule has 24 heavy (non-hydrogen) atoms. The molecular formula is C17H22N2O5. The van der Waals surface area contributed by atoms with Crippen LogP contribution in [0.2, 0.25) is 0 Å². The largest absolute Gasteiger partial charge is 0.479 e. The second kappa shape index (κ2) is 8.24.